The number of unbranched alkanes of at least 4 members (excludes halogenated alkanes) is 16. The molecular formula is C64H102N4O10. The van der Waals surface area contributed by atoms with Gasteiger partial charge in [-0.25, -0.2) is 9.59 Å². The zero-order chi connectivity index (χ0) is 56.7. The fraction of sp³-hybridized carbons (Fsp3) is 0.688. The highest BCUT2D eigenvalue weighted by atomic mass is 16.6. The molecule has 0 spiro atoms. The van der Waals surface area contributed by atoms with Crippen LogP contribution in [-0.4, -0.2) is 67.4 Å². The molecule has 3 unspecified atom stereocenters. The summed E-state index contributed by atoms with van der Waals surface area (Å²) in [7, 11) is 0. The molecule has 1 aliphatic rings. The summed E-state index contributed by atoms with van der Waals surface area (Å²) in [5, 5.41) is 8.09. The number of hydrogen-bond acceptors (Lipinski definition) is 11. The summed E-state index contributed by atoms with van der Waals surface area (Å²) >= 11 is 0. The van der Waals surface area contributed by atoms with Crippen molar-refractivity contribution in [2.45, 2.75) is 246 Å². The highest BCUT2D eigenvalue weighted by molar-refractivity contribution is 5.95. The second-order valence-electron chi connectivity index (χ2n) is 21.0. The SMILES string of the molecule is CCCCCCC(CCCC)C(=O)OCCCCC.CCCCCCCCC(CCCCCC)C(=O)OCCCCCC(=O)NC(CCN=C(NC(=O)OCc1ccccc1)NC(=C=O)OCc1ccccc1)C(=O)C1CC1. The Morgan fingerprint density at radius 3 is 1.49 bits per heavy atom. The van der Waals surface area contributed by atoms with E-state index < -0.39 is 12.1 Å². The number of ketones is 1. The average Bonchev–Trinajstić information content (AvgIpc) is 4.31. The van der Waals surface area contributed by atoms with E-state index in [1.165, 1.54) is 64.2 Å². The first-order chi connectivity index (χ1) is 38.1. The van der Waals surface area contributed by atoms with Gasteiger partial charge in [0.1, 0.15) is 13.2 Å². The summed E-state index contributed by atoms with van der Waals surface area (Å²) in [6, 6.07) is 17.6. The molecular weight excluding hydrogens is 985 g/mol. The number of esters is 2. The number of hydrogen-bond donors (Lipinski definition) is 3. The summed E-state index contributed by atoms with van der Waals surface area (Å²) in [6.07, 6.45) is 29.3. The summed E-state index contributed by atoms with van der Waals surface area (Å²) in [4.78, 5) is 80.3. The number of ether oxygens (including phenoxy) is 4. The molecule has 0 heterocycles. The Hall–Kier alpha value is -5.49. The molecule has 1 aliphatic carbocycles. The Kier molecular flexibility index (Phi) is 40.8. The zero-order valence-corrected chi connectivity index (χ0v) is 48.9. The van der Waals surface area contributed by atoms with Crippen LogP contribution in [0.25, 0.3) is 0 Å². The van der Waals surface area contributed by atoms with Gasteiger partial charge in [-0.3, -0.25) is 34.8 Å². The normalized spacial score (nSPS) is 13.1. The molecule has 438 valence electrons. The van der Waals surface area contributed by atoms with E-state index in [1.54, 1.807) is 5.94 Å². The third-order valence-electron chi connectivity index (χ3n) is 13.9. The first-order valence-corrected chi connectivity index (χ1v) is 30.5. The van der Waals surface area contributed by atoms with Crippen LogP contribution in [0.3, 0.4) is 0 Å². The molecule has 78 heavy (non-hydrogen) atoms. The number of rotatable bonds is 44. The van der Waals surface area contributed by atoms with Gasteiger partial charge in [0, 0.05) is 18.9 Å². The summed E-state index contributed by atoms with van der Waals surface area (Å²) in [6.45, 7) is 12.0. The monoisotopic (exact) mass is 1090 g/mol. The standard InChI is InChI=1S/C47H68N4O8.C17H34O2/c1-3-5-7-9-10-19-27-40(26-18-8-6-4-2)45(55)57-33-21-13-20-28-42(53)49-41(44(54)39-29-30-39)31-32-48-46(51-47(56)59-36-38-24-16-12-17-25-38)50-43(34-52)58-35-37-22-14-11-15-23-37;1-4-7-10-11-14-16(13-9-6-3)17(18)19-15-12-8-5-2/h11-12,14-17,22-25,39-41H,3-10,13,18-21,26-33,35-36H2,1-2H3,(H,49,53)(H2,48,50,51,56);16H,4-15H2,1-3H3. The largest absolute Gasteiger partial charge is 0.466 e. The molecule has 14 heteroatoms. The van der Waals surface area contributed by atoms with Crippen LogP contribution in [0.2, 0.25) is 0 Å². The zero-order valence-electron chi connectivity index (χ0n) is 48.9. The molecule has 3 N–H and O–H groups in total. The van der Waals surface area contributed by atoms with Crippen molar-refractivity contribution in [2.24, 2.45) is 22.7 Å². The highest BCUT2D eigenvalue weighted by Crippen LogP contribution is 2.31. The third-order valence-corrected chi connectivity index (χ3v) is 13.9. The van der Waals surface area contributed by atoms with Gasteiger partial charge in [0.25, 0.3) is 5.88 Å². The van der Waals surface area contributed by atoms with Crippen LogP contribution in [0.4, 0.5) is 4.79 Å². The van der Waals surface area contributed by atoms with Crippen molar-refractivity contribution in [2.75, 3.05) is 19.8 Å². The summed E-state index contributed by atoms with van der Waals surface area (Å²) in [5.74, 6) is 0.944. The fourth-order valence-electron chi connectivity index (χ4n) is 8.92. The van der Waals surface area contributed by atoms with Gasteiger partial charge in [0.15, 0.2) is 11.7 Å². The van der Waals surface area contributed by atoms with Gasteiger partial charge in [-0.1, -0.05) is 211 Å². The minimum Gasteiger partial charge on any atom is -0.466 e. The number of nitrogens with one attached hydrogen (secondary N) is 3. The van der Waals surface area contributed by atoms with E-state index in [1.807, 2.05) is 60.7 Å². The van der Waals surface area contributed by atoms with Gasteiger partial charge < -0.3 is 24.3 Å². The van der Waals surface area contributed by atoms with E-state index in [-0.39, 0.29) is 85.8 Å². The second-order valence-corrected chi connectivity index (χ2v) is 21.0. The third kappa shape index (κ3) is 35.1. The lowest BCUT2D eigenvalue weighted by atomic mass is 9.94. The molecule has 0 aromatic heterocycles. The molecule has 3 rings (SSSR count). The number of amides is 2. The number of carbonyl (C=O) groups excluding carboxylic acids is 6. The molecule has 1 fully saturated rings. The van der Waals surface area contributed by atoms with E-state index in [4.69, 9.17) is 18.9 Å². The van der Waals surface area contributed by atoms with Crippen molar-refractivity contribution in [1.29, 1.82) is 0 Å². The molecule has 1 saturated carbocycles. The van der Waals surface area contributed by atoms with Gasteiger partial charge in [-0.2, -0.15) is 0 Å². The Morgan fingerprint density at radius 2 is 0.974 bits per heavy atom. The quantitative estimate of drug-likeness (QED) is 0.0109. The first kappa shape index (κ1) is 68.6. The van der Waals surface area contributed by atoms with Crippen LogP contribution in [0, 0.1) is 17.8 Å². The van der Waals surface area contributed by atoms with Gasteiger partial charge in [0.05, 0.1) is 31.1 Å². The lowest BCUT2D eigenvalue weighted by molar-refractivity contribution is -0.150. The van der Waals surface area contributed by atoms with Gasteiger partial charge in [-0.05, 0) is 81.8 Å². The van der Waals surface area contributed by atoms with Crippen molar-refractivity contribution >= 4 is 41.6 Å². The van der Waals surface area contributed by atoms with Crippen molar-refractivity contribution in [3.05, 3.63) is 77.7 Å². The smallest absolute Gasteiger partial charge is 0.414 e. The molecule has 2 amide bonds. The summed E-state index contributed by atoms with van der Waals surface area (Å²) in [5.41, 5.74) is 1.59. The lowest BCUT2D eigenvalue weighted by Crippen LogP contribution is -2.43. The Balaban J connectivity index is 0.000000926. The van der Waals surface area contributed by atoms with Crippen LogP contribution in [-0.2, 0) is 56.1 Å². The van der Waals surface area contributed by atoms with Gasteiger partial charge in [-0.15, -0.1) is 0 Å². The molecule has 3 atom stereocenters. The first-order valence-electron chi connectivity index (χ1n) is 30.5. The summed E-state index contributed by atoms with van der Waals surface area (Å²) < 4.78 is 22.1. The Morgan fingerprint density at radius 1 is 0.526 bits per heavy atom. The van der Waals surface area contributed by atoms with E-state index in [0.717, 1.165) is 107 Å². The Bertz CT molecular complexity index is 1970. The molecule has 0 radical (unpaired) electrons. The van der Waals surface area contributed by atoms with E-state index in [2.05, 4.69) is 55.6 Å². The number of Topliss-reactive ketones (excluding diaryl/α,β-unsaturated/α-hetero) is 1. The molecule has 0 aliphatic heterocycles. The van der Waals surface area contributed by atoms with Gasteiger partial charge >= 0.3 is 18.0 Å². The van der Waals surface area contributed by atoms with Crippen LogP contribution in [0.1, 0.15) is 238 Å². The average molecular weight is 1090 g/mol. The number of nitrogens with zero attached hydrogens (tertiary/aromatic N) is 1. The van der Waals surface area contributed by atoms with E-state index in [9.17, 15) is 28.8 Å². The fourth-order valence-corrected chi connectivity index (χ4v) is 8.92. The molecule has 2 aromatic rings. The van der Waals surface area contributed by atoms with E-state index in [0.29, 0.717) is 32.5 Å². The van der Waals surface area contributed by atoms with Crippen LogP contribution in [0.5, 0.6) is 0 Å². The topological polar surface area (TPSA) is 188 Å². The molecule has 2 aromatic carbocycles. The highest BCUT2D eigenvalue weighted by Gasteiger charge is 2.35. The van der Waals surface area contributed by atoms with Crippen LogP contribution in [0.15, 0.2) is 71.5 Å². The maximum Gasteiger partial charge on any atom is 0.414 e. The van der Waals surface area contributed by atoms with Crippen molar-refractivity contribution < 1.29 is 47.7 Å². The second kappa shape index (κ2) is 46.4. The predicted octanol–water partition coefficient (Wildman–Crippen LogP) is 14.5. The predicted molar refractivity (Wildman–Crippen MR) is 312 cm³/mol. The number of carbonyl (C=O) groups is 5. The van der Waals surface area contributed by atoms with Crippen molar-refractivity contribution in [3.8, 4) is 0 Å². The molecule has 14 nitrogen and oxygen atoms in total. The minimum absolute atomic E-state index is 0.00888. The molecule has 0 bridgehead atoms. The minimum atomic E-state index is -0.822. The van der Waals surface area contributed by atoms with Crippen molar-refractivity contribution in [1.82, 2.24) is 16.0 Å². The maximum atomic E-state index is 13.2. The van der Waals surface area contributed by atoms with Crippen molar-refractivity contribution in [3.63, 3.8) is 0 Å². The number of guanidine groups is 1. The van der Waals surface area contributed by atoms with Crippen LogP contribution >= 0.6 is 0 Å². The number of alkyl carbamates (subject to hydrolysis) is 1. The lowest BCUT2D eigenvalue weighted by Gasteiger charge is -2.18. The van der Waals surface area contributed by atoms with E-state index >= 15 is 0 Å². The number of benzene rings is 2. The number of aliphatic imine (C=N–C) groups is 1. The van der Waals surface area contributed by atoms with Gasteiger partial charge in [0.2, 0.25) is 11.9 Å². The Labute approximate surface area is 470 Å². The maximum absolute atomic E-state index is 13.2. The van der Waals surface area contributed by atoms with Crippen LogP contribution < -0.4 is 16.0 Å². The molecule has 0 saturated heterocycles.